The molecular weight excluding hydrogens is 242 g/mol. The van der Waals surface area contributed by atoms with Gasteiger partial charge in [-0.2, -0.15) is 0 Å². The van der Waals surface area contributed by atoms with Crippen molar-refractivity contribution in [3.05, 3.63) is 48.0 Å². The van der Waals surface area contributed by atoms with Gasteiger partial charge in [0.15, 0.2) is 0 Å². The Kier molecular flexibility index (Phi) is 3.75. The van der Waals surface area contributed by atoms with Crippen LogP contribution < -0.4 is 5.32 Å². The number of ketones is 1. The van der Waals surface area contributed by atoms with Gasteiger partial charge in [0.1, 0.15) is 5.69 Å². The van der Waals surface area contributed by atoms with E-state index in [-0.39, 0.29) is 11.7 Å². The SMILES string of the molecule is CCC(=O)Nc1ccc(C(=O)c2cncn2C)cc1. The second-order valence-electron chi connectivity index (χ2n) is 4.20. The lowest BCUT2D eigenvalue weighted by atomic mass is 10.1. The molecule has 2 rings (SSSR count). The number of nitrogens with zero attached hydrogens (tertiary/aromatic N) is 2. The molecule has 0 aliphatic heterocycles. The van der Waals surface area contributed by atoms with Crippen molar-refractivity contribution in [2.24, 2.45) is 7.05 Å². The van der Waals surface area contributed by atoms with Gasteiger partial charge in [0.05, 0.1) is 12.5 Å². The summed E-state index contributed by atoms with van der Waals surface area (Å²) in [6.07, 6.45) is 3.55. The van der Waals surface area contributed by atoms with Gasteiger partial charge in [0.2, 0.25) is 11.7 Å². The zero-order chi connectivity index (χ0) is 13.8. The zero-order valence-corrected chi connectivity index (χ0v) is 10.9. The van der Waals surface area contributed by atoms with Gasteiger partial charge >= 0.3 is 0 Å². The lowest BCUT2D eigenvalue weighted by molar-refractivity contribution is -0.115. The quantitative estimate of drug-likeness (QED) is 0.852. The zero-order valence-electron chi connectivity index (χ0n) is 10.9. The third-order valence-electron chi connectivity index (χ3n) is 2.80. The number of benzene rings is 1. The first-order valence-electron chi connectivity index (χ1n) is 6.02. The summed E-state index contributed by atoms with van der Waals surface area (Å²) in [7, 11) is 1.77. The Hall–Kier alpha value is -2.43. The number of hydrogen-bond donors (Lipinski definition) is 1. The highest BCUT2D eigenvalue weighted by Gasteiger charge is 2.12. The van der Waals surface area contributed by atoms with E-state index in [2.05, 4.69) is 10.3 Å². The molecule has 0 saturated carbocycles. The molecule has 0 aliphatic carbocycles. The van der Waals surface area contributed by atoms with E-state index < -0.39 is 0 Å². The maximum atomic E-state index is 12.2. The fraction of sp³-hybridized carbons (Fsp3) is 0.214. The summed E-state index contributed by atoms with van der Waals surface area (Å²) in [5.41, 5.74) is 1.79. The standard InChI is InChI=1S/C14H15N3O2/c1-3-13(18)16-11-6-4-10(5-7-11)14(19)12-8-15-9-17(12)2/h4-9H,3H2,1-2H3,(H,16,18). The summed E-state index contributed by atoms with van der Waals surface area (Å²) in [6, 6.07) is 6.83. The molecule has 0 atom stereocenters. The predicted molar refractivity (Wildman–Crippen MR) is 72.0 cm³/mol. The molecule has 0 fully saturated rings. The number of carbonyl (C=O) groups is 2. The molecule has 5 heteroatoms. The minimum atomic E-state index is -0.0895. The van der Waals surface area contributed by atoms with Crippen molar-refractivity contribution >= 4 is 17.4 Å². The number of carbonyl (C=O) groups excluding carboxylic acids is 2. The van der Waals surface area contributed by atoms with Crippen molar-refractivity contribution in [2.45, 2.75) is 13.3 Å². The number of aromatic nitrogens is 2. The fourth-order valence-corrected chi connectivity index (χ4v) is 1.68. The summed E-state index contributed by atoms with van der Waals surface area (Å²) in [5, 5.41) is 2.74. The van der Waals surface area contributed by atoms with Crippen molar-refractivity contribution in [1.29, 1.82) is 0 Å². The van der Waals surface area contributed by atoms with Crippen LogP contribution in [0.15, 0.2) is 36.8 Å². The number of nitrogens with one attached hydrogen (secondary N) is 1. The van der Waals surface area contributed by atoms with E-state index in [4.69, 9.17) is 0 Å². The second-order valence-corrected chi connectivity index (χ2v) is 4.20. The summed E-state index contributed by atoms with van der Waals surface area (Å²) in [5.74, 6) is -0.140. The molecule has 0 unspecified atom stereocenters. The minimum Gasteiger partial charge on any atom is -0.331 e. The van der Waals surface area contributed by atoms with Gasteiger partial charge in [0, 0.05) is 24.7 Å². The Labute approximate surface area is 111 Å². The average Bonchev–Trinajstić information content (AvgIpc) is 2.85. The summed E-state index contributed by atoms with van der Waals surface area (Å²) < 4.78 is 1.68. The third kappa shape index (κ3) is 2.88. The van der Waals surface area contributed by atoms with E-state index in [1.54, 1.807) is 49.1 Å². The number of amides is 1. The van der Waals surface area contributed by atoms with Crippen LogP contribution in [0.4, 0.5) is 5.69 Å². The van der Waals surface area contributed by atoms with Crippen LogP contribution >= 0.6 is 0 Å². The predicted octanol–water partition coefficient (Wildman–Crippen LogP) is 2.00. The highest BCUT2D eigenvalue weighted by molar-refractivity contribution is 6.08. The molecule has 5 nitrogen and oxygen atoms in total. The molecule has 1 heterocycles. The summed E-state index contributed by atoms with van der Waals surface area (Å²) >= 11 is 0. The Morgan fingerprint density at radius 3 is 2.47 bits per heavy atom. The Balaban J connectivity index is 2.17. The maximum Gasteiger partial charge on any atom is 0.224 e. The second kappa shape index (κ2) is 5.48. The molecule has 1 aromatic heterocycles. The maximum absolute atomic E-state index is 12.2. The number of aryl methyl sites for hydroxylation is 1. The molecule has 2 aromatic rings. The minimum absolute atomic E-state index is 0.0503. The molecule has 0 spiro atoms. The molecule has 0 aliphatic rings. The normalized spacial score (nSPS) is 10.2. The van der Waals surface area contributed by atoms with E-state index >= 15 is 0 Å². The van der Waals surface area contributed by atoms with Gasteiger partial charge < -0.3 is 9.88 Å². The monoisotopic (exact) mass is 257 g/mol. The molecule has 1 amide bonds. The molecule has 19 heavy (non-hydrogen) atoms. The Bertz CT molecular complexity index is 599. The summed E-state index contributed by atoms with van der Waals surface area (Å²) in [6.45, 7) is 1.79. The number of imidazole rings is 1. The van der Waals surface area contributed by atoms with E-state index in [0.29, 0.717) is 23.4 Å². The highest BCUT2D eigenvalue weighted by Crippen LogP contribution is 2.13. The lowest BCUT2D eigenvalue weighted by Gasteiger charge is -2.05. The topological polar surface area (TPSA) is 64.0 Å². The molecule has 1 N–H and O–H groups in total. The van der Waals surface area contributed by atoms with Crippen molar-refractivity contribution in [1.82, 2.24) is 9.55 Å². The molecule has 0 saturated heterocycles. The van der Waals surface area contributed by atoms with Crippen molar-refractivity contribution < 1.29 is 9.59 Å². The number of hydrogen-bond acceptors (Lipinski definition) is 3. The molecular formula is C14H15N3O2. The van der Waals surface area contributed by atoms with Crippen LogP contribution in [0.25, 0.3) is 0 Å². The van der Waals surface area contributed by atoms with Crippen LogP contribution in [0.5, 0.6) is 0 Å². The molecule has 0 radical (unpaired) electrons. The third-order valence-corrected chi connectivity index (χ3v) is 2.80. The summed E-state index contributed by atoms with van der Waals surface area (Å²) in [4.78, 5) is 27.3. The van der Waals surface area contributed by atoms with Gasteiger partial charge in [-0.3, -0.25) is 9.59 Å². The van der Waals surface area contributed by atoms with Gasteiger partial charge in [-0.05, 0) is 24.3 Å². The van der Waals surface area contributed by atoms with Crippen LogP contribution in [0.3, 0.4) is 0 Å². The first kappa shape index (κ1) is 13.0. The van der Waals surface area contributed by atoms with E-state index in [1.807, 2.05) is 0 Å². The Morgan fingerprint density at radius 2 is 1.95 bits per heavy atom. The van der Waals surface area contributed by atoms with Crippen LogP contribution in [0.2, 0.25) is 0 Å². The van der Waals surface area contributed by atoms with Gasteiger partial charge in [-0.1, -0.05) is 6.92 Å². The van der Waals surface area contributed by atoms with Crippen molar-refractivity contribution in [3.63, 3.8) is 0 Å². The van der Waals surface area contributed by atoms with Crippen molar-refractivity contribution in [3.8, 4) is 0 Å². The first-order chi connectivity index (χ1) is 9.11. The van der Waals surface area contributed by atoms with Gasteiger partial charge in [-0.15, -0.1) is 0 Å². The molecule has 0 bridgehead atoms. The smallest absolute Gasteiger partial charge is 0.224 e. The van der Waals surface area contributed by atoms with Crippen LogP contribution in [0, 0.1) is 0 Å². The average molecular weight is 257 g/mol. The van der Waals surface area contributed by atoms with E-state index in [9.17, 15) is 9.59 Å². The highest BCUT2D eigenvalue weighted by atomic mass is 16.1. The van der Waals surface area contributed by atoms with Crippen LogP contribution in [-0.2, 0) is 11.8 Å². The van der Waals surface area contributed by atoms with Crippen LogP contribution in [0.1, 0.15) is 29.4 Å². The van der Waals surface area contributed by atoms with Gasteiger partial charge in [-0.25, -0.2) is 4.98 Å². The first-order valence-corrected chi connectivity index (χ1v) is 6.02. The molecule has 1 aromatic carbocycles. The molecule has 98 valence electrons. The fourth-order valence-electron chi connectivity index (χ4n) is 1.68. The number of rotatable bonds is 4. The van der Waals surface area contributed by atoms with E-state index in [1.165, 1.54) is 6.20 Å². The lowest BCUT2D eigenvalue weighted by Crippen LogP contribution is -2.10. The van der Waals surface area contributed by atoms with Crippen molar-refractivity contribution in [2.75, 3.05) is 5.32 Å². The number of anilines is 1. The van der Waals surface area contributed by atoms with E-state index in [0.717, 1.165) is 0 Å². The largest absolute Gasteiger partial charge is 0.331 e. The van der Waals surface area contributed by atoms with Crippen LogP contribution in [-0.4, -0.2) is 21.2 Å². The Morgan fingerprint density at radius 1 is 1.26 bits per heavy atom. The van der Waals surface area contributed by atoms with Gasteiger partial charge in [0.25, 0.3) is 0 Å².